The van der Waals surface area contributed by atoms with Crippen molar-refractivity contribution < 1.29 is 23.7 Å². The number of rotatable bonds is 7. The summed E-state index contributed by atoms with van der Waals surface area (Å²) in [4.78, 5) is 12.6. The molecule has 0 amide bonds. The molecule has 2 aliphatic rings. The number of hydrogen-bond acceptors (Lipinski definition) is 5. The number of carbonyl (C=O) groups excluding carboxylic acids is 1. The molecule has 0 N–H and O–H groups in total. The van der Waals surface area contributed by atoms with Gasteiger partial charge in [-0.3, -0.25) is 4.79 Å². The molecule has 0 unspecified atom stereocenters. The van der Waals surface area contributed by atoms with Gasteiger partial charge in [0.2, 0.25) is 0 Å². The second-order valence-corrected chi connectivity index (χ2v) is 7.41. The van der Waals surface area contributed by atoms with Crippen LogP contribution in [0.4, 0.5) is 0 Å². The Bertz CT molecular complexity index is 696. The molecule has 0 saturated carbocycles. The molecule has 2 heterocycles. The van der Waals surface area contributed by atoms with Crippen molar-refractivity contribution in [2.24, 2.45) is 0 Å². The lowest BCUT2D eigenvalue weighted by molar-refractivity contribution is -0.235. The molecule has 0 spiro atoms. The quantitative estimate of drug-likeness (QED) is 0.551. The van der Waals surface area contributed by atoms with Crippen LogP contribution >= 0.6 is 0 Å². The lowest BCUT2D eigenvalue weighted by Gasteiger charge is -2.37. The van der Waals surface area contributed by atoms with Crippen molar-refractivity contribution in [1.82, 2.24) is 0 Å². The van der Waals surface area contributed by atoms with E-state index in [2.05, 4.69) is 13.2 Å². The van der Waals surface area contributed by atoms with Gasteiger partial charge in [-0.1, -0.05) is 42.5 Å². The molecule has 0 radical (unpaired) electrons. The Morgan fingerprint density at radius 3 is 2.58 bits per heavy atom. The molecular formula is C21H26O5. The predicted octanol–water partition coefficient (Wildman–Crippen LogP) is 3.54. The maximum absolute atomic E-state index is 12.6. The Morgan fingerprint density at radius 2 is 1.96 bits per heavy atom. The standard InChI is InChI=1S/C21H26O5/c1-6-16(22)17-21(12-14(2)3,23-13-15-10-8-7-9-11-15)18-19(24-17)26-20(4,5)25-18/h6-11,17-19H,1-2,12-13H2,3-5H3/t17-,18+,19-,21-/m1/s1. The number of hydrogen-bond donors (Lipinski definition) is 0. The minimum absolute atomic E-state index is 0.251. The zero-order valence-electron chi connectivity index (χ0n) is 15.6. The lowest BCUT2D eigenvalue weighted by Crippen LogP contribution is -2.53. The molecule has 26 heavy (non-hydrogen) atoms. The molecule has 3 rings (SSSR count). The lowest BCUT2D eigenvalue weighted by atomic mass is 9.84. The second-order valence-electron chi connectivity index (χ2n) is 7.41. The van der Waals surface area contributed by atoms with Gasteiger partial charge >= 0.3 is 0 Å². The fourth-order valence-corrected chi connectivity index (χ4v) is 3.64. The molecule has 5 heteroatoms. The summed E-state index contributed by atoms with van der Waals surface area (Å²) < 4.78 is 24.3. The Labute approximate surface area is 154 Å². The van der Waals surface area contributed by atoms with E-state index in [1.807, 2.05) is 51.1 Å². The maximum Gasteiger partial charge on any atom is 0.191 e. The first kappa shape index (κ1) is 19.0. The van der Waals surface area contributed by atoms with Gasteiger partial charge in [-0.25, -0.2) is 0 Å². The summed E-state index contributed by atoms with van der Waals surface area (Å²) in [6.45, 7) is 13.5. The maximum atomic E-state index is 12.6. The van der Waals surface area contributed by atoms with E-state index < -0.39 is 29.9 Å². The molecule has 4 atom stereocenters. The molecule has 0 bridgehead atoms. The van der Waals surface area contributed by atoms with Crippen LogP contribution < -0.4 is 0 Å². The van der Waals surface area contributed by atoms with Gasteiger partial charge < -0.3 is 18.9 Å². The molecule has 1 aromatic rings. The third-order valence-corrected chi connectivity index (χ3v) is 4.64. The Balaban J connectivity index is 1.96. The normalized spacial score (nSPS) is 32.2. The van der Waals surface area contributed by atoms with Gasteiger partial charge in [-0.15, -0.1) is 6.58 Å². The highest BCUT2D eigenvalue weighted by molar-refractivity contribution is 5.94. The highest BCUT2D eigenvalue weighted by Gasteiger charge is 2.65. The van der Waals surface area contributed by atoms with E-state index in [0.29, 0.717) is 13.0 Å². The van der Waals surface area contributed by atoms with Crippen LogP contribution in [0.15, 0.2) is 55.1 Å². The van der Waals surface area contributed by atoms with Crippen LogP contribution in [-0.2, 0) is 30.3 Å². The largest absolute Gasteiger partial charge is 0.364 e. The van der Waals surface area contributed by atoms with Crippen LogP contribution in [-0.4, -0.2) is 35.7 Å². The Kier molecular flexibility index (Phi) is 5.17. The Hall–Kier alpha value is -1.79. The SMILES string of the molecule is C=CC(=O)[C@H]1O[C@@H]2OC(C)(C)O[C@@H]2[C@]1(CC(=C)C)OCc1ccccc1. The zero-order chi connectivity index (χ0) is 18.9. The molecule has 1 aromatic carbocycles. The highest BCUT2D eigenvalue weighted by Crippen LogP contribution is 2.48. The van der Waals surface area contributed by atoms with E-state index in [-0.39, 0.29) is 5.78 Å². The molecule has 2 saturated heterocycles. The summed E-state index contributed by atoms with van der Waals surface area (Å²) >= 11 is 0. The number of fused-ring (bicyclic) bond motifs is 1. The molecule has 140 valence electrons. The van der Waals surface area contributed by atoms with Crippen LogP contribution in [0.1, 0.15) is 32.8 Å². The number of ether oxygens (including phenoxy) is 4. The molecule has 5 nitrogen and oxygen atoms in total. The number of ketones is 1. The van der Waals surface area contributed by atoms with E-state index in [9.17, 15) is 4.79 Å². The molecular weight excluding hydrogens is 332 g/mol. The van der Waals surface area contributed by atoms with Gasteiger partial charge in [0.25, 0.3) is 0 Å². The van der Waals surface area contributed by atoms with Gasteiger partial charge in [0.05, 0.1) is 6.61 Å². The van der Waals surface area contributed by atoms with Gasteiger partial charge in [-0.2, -0.15) is 0 Å². The summed E-state index contributed by atoms with van der Waals surface area (Å²) in [6, 6.07) is 9.79. The van der Waals surface area contributed by atoms with Crippen molar-refractivity contribution in [2.75, 3.05) is 0 Å². The average molecular weight is 358 g/mol. The topological polar surface area (TPSA) is 54.0 Å². The van der Waals surface area contributed by atoms with Gasteiger partial charge in [0, 0.05) is 6.42 Å². The smallest absolute Gasteiger partial charge is 0.191 e. The third kappa shape index (κ3) is 3.53. The first-order valence-electron chi connectivity index (χ1n) is 8.77. The Morgan fingerprint density at radius 1 is 1.27 bits per heavy atom. The van der Waals surface area contributed by atoms with Crippen molar-refractivity contribution in [3.63, 3.8) is 0 Å². The van der Waals surface area contributed by atoms with Crippen molar-refractivity contribution in [2.45, 2.75) is 63.7 Å². The molecule has 0 aliphatic carbocycles. The van der Waals surface area contributed by atoms with E-state index in [1.165, 1.54) is 6.08 Å². The second kappa shape index (κ2) is 7.08. The number of benzene rings is 1. The van der Waals surface area contributed by atoms with Crippen molar-refractivity contribution >= 4 is 5.78 Å². The van der Waals surface area contributed by atoms with Gasteiger partial charge in [-0.05, 0) is 32.4 Å². The first-order chi connectivity index (χ1) is 12.3. The summed E-state index contributed by atoms with van der Waals surface area (Å²) in [7, 11) is 0. The summed E-state index contributed by atoms with van der Waals surface area (Å²) in [6.07, 6.45) is -0.381. The summed E-state index contributed by atoms with van der Waals surface area (Å²) in [5.41, 5.74) is 0.850. The fraction of sp³-hybridized carbons (Fsp3) is 0.476. The van der Waals surface area contributed by atoms with Crippen molar-refractivity contribution in [3.8, 4) is 0 Å². The van der Waals surface area contributed by atoms with E-state index in [1.54, 1.807) is 0 Å². The van der Waals surface area contributed by atoms with Crippen LogP contribution in [0.25, 0.3) is 0 Å². The van der Waals surface area contributed by atoms with Crippen LogP contribution in [0.2, 0.25) is 0 Å². The monoisotopic (exact) mass is 358 g/mol. The van der Waals surface area contributed by atoms with Gasteiger partial charge in [0.15, 0.2) is 24.0 Å². The highest BCUT2D eigenvalue weighted by atomic mass is 16.8. The van der Waals surface area contributed by atoms with E-state index >= 15 is 0 Å². The summed E-state index contributed by atoms with van der Waals surface area (Å²) in [5.74, 6) is -1.06. The van der Waals surface area contributed by atoms with Crippen molar-refractivity contribution in [3.05, 3.63) is 60.7 Å². The summed E-state index contributed by atoms with van der Waals surface area (Å²) in [5, 5.41) is 0. The zero-order valence-corrected chi connectivity index (χ0v) is 15.6. The van der Waals surface area contributed by atoms with Crippen LogP contribution in [0.5, 0.6) is 0 Å². The first-order valence-corrected chi connectivity index (χ1v) is 8.77. The number of carbonyl (C=O) groups is 1. The minimum Gasteiger partial charge on any atom is -0.364 e. The van der Waals surface area contributed by atoms with Gasteiger partial charge in [0.1, 0.15) is 11.7 Å². The minimum atomic E-state index is -1.02. The fourth-order valence-electron chi connectivity index (χ4n) is 3.64. The van der Waals surface area contributed by atoms with Crippen molar-refractivity contribution in [1.29, 1.82) is 0 Å². The van der Waals surface area contributed by atoms with E-state index in [4.69, 9.17) is 18.9 Å². The molecule has 2 fully saturated rings. The molecule has 0 aromatic heterocycles. The van der Waals surface area contributed by atoms with Crippen LogP contribution in [0.3, 0.4) is 0 Å². The average Bonchev–Trinajstić information content (AvgIpc) is 3.04. The van der Waals surface area contributed by atoms with E-state index in [0.717, 1.165) is 11.1 Å². The van der Waals surface area contributed by atoms with Crippen LogP contribution in [0, 0.1) is 0 Å². The molecule has 2 aliphatic heterocycles. The third-order valence-electron chi connectivity index (χ3n) is 4.64. The predicted molar refractivity (Wildman–Crippen MR) is 97.3 cm³/mol.